The number of ether oxygens (including phenoxy) is 2. The van der Waals surface area contributed by atoms with Crippen LogP contribution in [0.1, 0.15) is 6.42 Å². The summed E-state index contributed by atoms with van der Waals surface area (Å²) in [6, 6.07) is 14.5. The van der Waals surface area contributed by atoms with Crippen LogP contribution in [0.4, 0.5) is 16.2 Å². The molecule has 7 heteroatoms. The number of carbonyl (C=O) groups excluding carboxylic acids is 2. The molecule has 2 N–H and O–H groups in total. The van der Waals surface area contributed by atoms with Crippen molar-refractivity contribution in [2.45, 2.75) is 6.42 Å². The normalized spacial score (nSPS) is 18.1. The summed E-state index contributed by atoms with van der Waals surface area (Å²) >= 11 is 0. The Labute approximate surface area is 150 Å². The molecule has 4 rings (SSSR count). The molecule has 1 atom stereocenters. The van der Waals surface area contributed by atoms with E-state index in [1.807, 2.05) is 30.3 Å². The van der Waals surface area contributed by atoms with Crippen LogP contribution in [0.5, 0.6) is 11.5 Å². The molecule has 0 unspecified atom stereocenters. The van der Waals surface area contributed by atoms with Gasteiger partial charge in [0.05, 0.1) is 0 Å². The number of anilines is 2. The third-order valence-electron chi connectivity index (χ3n) is 4.45. The van der Waals surface area contributed by atoms with Gasteiger partial charge in [0, 0.05) is 42.9 Å². The van der Waals surface area contributed by atoms with Crippen LogP contribution >= 0.6 is 0 Å². The van der Waals surface area contributed by atoms with Gasteiger partial charge in [0.1, 0.15) is 0 Å². The predicted molar refractivity (Wildman–Crippen MR) is 96.5 cm³/mol. The van der Waals surface area contributed by atoms with Gasteiger partial charge in [-0.1, -0.05) is 18.2 Å². The zero-order valence-electron chi connectivity index (χ0n) is 14.1. The second-order valence-corrected chi connectivity index (χ2v) is 6.31. The summed E-state index contributed by atoms with van der Waals surface area (Å²) in [5, 5.41) is 5.60. The highest BCUT2D eigenvalue weighted by Crippen LogP contribution is 2.34. The maximum absolute atomic E-state index is 12.2. The number of nitrogens with one attached hydrogen (secondary N) is 2. The van der Waals surface area contributed by atoms with Gasteiger partial charge >= 0.3 is 6.03 Å². The van der Waals surface area contributed by atoms with Crippen molar-refractivity contribution in [3.05, 3.63) is 48.5 Å². The van der Waals surface area contributed by atoms with E-state index in [9.17, 15) is 9.59 Å². The minimum Gasteiger partial charge on any atom is -0.454 e. The van der Waals surface area contributed by atoms with Crippen molar-refractivity contribution in [2.75, 3.05) is 30.1 Å². The van der Waals surface area contributed by atoms with E-state index in [-0.39, 0.29) is 24.6 Å². The summed E-state index contributed by atoms with van der Waals surface area (Å²) < 4.78 is 10.5. The molecule has 134 valence electrons. The van der Waals surface area contributed by atoms with Crippen LogP contribution in [0.3, 0.4) is 0 Å². The quantitative estimate of drug-likeness (QED) is 0.885. The van der Waals surface area contributed by atoms with E-state index in [0.717, 1.165) is 5.69 Å². The third-order valence-corrected chi connectivity index (χ3v) is 4.45. The standard InChI is InChI=1S/C19H19N3O4/c23-18-8-13(11-22(18)15-4-2-1-3-5-15)10-20-19(24)21-14-6-7-16-17(9-14)26-12-25-16/h1-7,9,13H,8,10-12H2,(H2,20,21,24)/t13-/m1/s1. The Bertz CT molecular complexity index is 825. The number of benzene rings is 2. The Kier molecular flexibility index (Phi) is 4.35. The zero-order chi connectivity index (χ0) is 17.9. The number of hydrogen-bond donors (Lipinski definition) is 2. The fraction of sp³-hybridized carbons (Fsp3) is 0.263. The number of carbonyl (C=O) groups is 2. The zero-order valence-corrected chi connectivity index (χ0v) is 14.1. The Morgan fingerprint density at radius 2 is 1.92 bits per heavy atom. The Balaban J connectivity index is 1.29. The van der Waals surface area contributed by atoms with Crippen LogP contribution in [0, 0.1) is 5.92 Å². The van der Waals surface area contributed by atoms with Crippen molar-refractivity contribution in [2.24, 2.45) is 5.92 Å². The topological polar surface area (TPSA) is 79.9 Å². The van der Waals surface area contributed by atoms with Gasteiger partial charge in [0.15, 0.2) is 11.5 Å². The van der Waals surface area contributed by atoms with Crippen molar-refractivity contribution in [3.63, 3.8) is 0 Å². The first-order valence-corrected chi connectivity index (χ1v) is 8.49. The molecule has 7 nitrogen and oxygen atoms in total. The maximum atomic E-state index is 12.2. The Morgan fingerprint density at radius 1 is 1.12 bits per heavy atom. The third kappa shape index (κ3) is 3.42. The average Bonchev–Trinajstić information content (AvgIpc) is 3.26. The molecule has 0 spiro atoms. The molecule has 1 saturated heterocycles. The van der Waals surface area contributed by atoms with E-state index in [2.05, 4.69) is 10.6 Å². The molecule has 2 aromatic rings. The number of urea groups is 1. The smallest absolute Gasteiger partial charge is 0.319 e. The number of para-hydroxylation sites is 1. The predicted octanol–water partition coefficient (Wildman–Crippen LogP) is 2.59. The van der Waals surface area contributed by atoms with Crippen LogP contribution in [0.25, 0.3) is 0 Å². The van der Waals surface area contributed by atoms with Gasteiger partial charge in [-0.2, -0.15) is 0 Å². The van der Waals surface area contributed by atoms with Crippen LogP contribution in [0.2, 0.25) is 0 Å². The lowest BCUT2D eigenvalue weighted by Crippen LogP contribution is -2.34. The minimum atomic E-state index is -0.311. The first-order chi connectivity index (χ1) is 12.7. The number of hydrogen-bond acceptors (Lipinski definition) is 4. The first-order valence-electron chi connectivity index (χ1n) is 8.49. The van der Waals surface area contributed by atoms with E-state index >= 15 is 0 Å². The van der Waals surface area contributed by atoms with Crippen molar-refractivity contribution >= 4 is 23.3 Å². The number of nitrogens with zero attached hydrogens (tertiary/aromatic N) is 1. The lowest BCUT2D eigenvalue weighted by Gasteiger charge is -2.17. The van der Waals surface area contributed by atoms with E-state index in [4.69, 9.17) is 9.47 Å². The first kappa shape index (κ1) is 16.3. The molecule has 2 heterocycles. The monoisotopic (exact) mass is 353 g/mol. The highest BCUT2D eigenvalue weighted by molar-refractivity contribution is 5.96. The Hall–Kier alpha value is -3.22. The average molecular weight is 353 g/mol. The largest absolute Gasteiger partial charge is 0.454 e. The van der Waals surface area contributed by atoms with Gasteiger partial charge in [-0.15, -0.1) is 0 Å². The number of fused-ring (bicyclic) bond motifs is 1. The highest BCUT2D eigenvalue weighted by atomic mass is 16.7. The summed E-state index contributed by atoms with van der Waals surface area (Å²) in [6.07, 6.45) is 0.430. The van der Waals surface area contributed by atoms with Crippen molar-refractivity contribution in [1.82, 2.24) is 5.32 Å². The summed E-state index contributed by atoms with van der Waals surface area (Å²) in [6.45, 7) is 1.23. The molecular formula is C19H19N3O4. The van der Waals surface area contributed by atoms with Gasteiger partial charge < -0.3 is 25.0 Å². The molecule has 0 bridgehead atoms. The lowest BCUT2D eigenvalue weighted by atomic mass is 10.1. The number of rotatable bonds is 4. The Morgan fingerprint density at radius 3 is 2.77 bits per heavy atom. The number of amides is 3. The molecule has 2 aliphatic heterocycles. The fourth-order valence-electron chi connectivity index (χ4n) is 3.16. The lowest BCUT2D eigenvalue weighted by molar-refractivity contribution is -0.117. The summed E-state index contributed by atoms with van der Waals surface area (Å²) in [5.41, 5.74) is 1.52. The van der Waals surface area contributed by atoms with Crippen molar-refractivity contribution in [1.29, 1.82) is 0 Å². The molecule has 0 aromatic heterocycles. The van der Waals surface area contributed by atoms with E-state index in [0.29, 0.717) is 36.7 Å². The molecular weight excluding hydrogens is 334 g/mol. The van der Waals surface area contributed by atoms with Crippen LogP contribution in [0.15, 0.2) is 48.5 Å². The van der Waals surface area contributed by atoms with Crippen LogP contribution in [-0.2, 0) is 4.79 Å². The molecule has 2 aromatic carbocycles. The fourth-order valence-corrected chi connectivity index (χ4v) is 3.16. The van der Waals surface area contributed by atoms with Gasteiger partial charge in [-0.05, 0) is 24.3 Å². The molecule has 0 aliphatic carbocycles. The minimum absolute atomic E-state index is 0.0826. The van der Waals surface area contributed by atoms with Crippen LogP contribution < -0.4 is 25.0 Å². The van der Waals surface area contributed by atoms with E-state index in [1.54, 1.807) is 23.1 Å². The SMILES string of the molecule is O=C(NC[C@H]1CC(=O)N(c2ccccc2)C1)Nc1ccc2c(c1)OCO2. The maximum Gasteiger partial charge on any atom is 0.319 e. The van der Waals surface area contributed by atoms with Gasteiger partial charge in [-0.3, -0.25) is 4.79 Å². The second-order valence-electron chi connectivity index (χ2n) is 6.31. The van der Waals surface area contributed by atoms with Gasteiger partial charge in [0.2, 0.25) is 12.7 Å². The summed E-state index contributed by atoms with van der Waals surface area (Å²) in [7, 11) is 0. The van der Waals surface area contributed by atoms with Crippen LogP contribution in [-0.4, -0.2) is 31.8 Å². The van der Waals surface area contributed by atoms with Gasteiger partial charge in [-0.25, -0.2) is 4.79 Å². The van der Waals surface area contributed by atoms with E-state index in [1.165, 1.54) is 0 Å². The summed E-state index contributed by atoms with van der Waals surface area (Å²) in [5.74, 6) is 1.45. The molecule has 0 radical (unpaired) electrons. The summed E-state index contributed by atoms with van der Waals surface area (Å²) in [4.78, 5) is 26.1. The van der Waals surface area contributed by atoms with Crippen molar-refractivity contribution in [3.8, 4) is 11.5 Å². The molecule has 0 saturated carbocycles. The highest BCUT2D eigenvalue weighted by Gasteiger charge is 2.30. The van der Waals surface area contributed by atoms with Gasteiger partial charge in [0.25, 0.3) is 0 Å². The van der Waals surface area contributed by atoms with E-state index < -0.39 is 0 Å². The molecule has 1 fully saturated rings. The molecule has 3 amide bonds. The molecule has 2 aliphatic rings. The second kappa shape index (κ2) is 6.95. The molecule has 26 heavy (non-hydrogen) atoms. The van der Waals surface area contributed by atoms with Crippen molar-refractivity contribution < 1.29 is 19.1 Å².